The van der Waals surface area contributed by atoms with Crippen molar-refractivity contribution in [1.82, 2.24) is 4.57 Å². The third-order valence-corrected chi connectivity index (χ3v) is 8.30. The maximum atomic E-state index is 13.1. The summed E-state index contributed by atoms with van der Waals surface area (Å²) in [5.41, 5.74) is 1.36. The van der Waals surface area contributed by atoms with E-state index in [0.717, 1.165) is 10.2 Å². The zero-order valence-corrected chi connectivity index (χ0v) is 23.3. The molecule has 0 spiro atoms. The van der Waals surface area contributed by atoms with Gasteiger partial charge in [0.05, 0.1) is 25.7 Å². The number of nitrogens with one attached hydrogen (secondary N) is 1. The van der Waals surface area contributed by atoms with E-state index in [-0.39, 0.29) is 4.90 Å². The van der Waals surface area contributed by atoms with Gasteiger partial charge in [-0.05, 0) is 67.6 Å². The lowest BCUT2D eigenvalue weighted by Crippen LogP contribution is -2.20. The number of thiazole rings is 1. The summed E-state index contributed by atoms with van der Waals surface area (Å²) in [7, 11) is -0.651. The van der Waals surface area contributed by atoms with Crippen molar-refractivity contribution in [3.05, 3.63) is 76.1 Å². The van der Waals surface area contributed by atoms with Gasteiger partial charge in [0.2, 0.25) is 0 Å². The molecule has 1 amide bonds. The molecule has 0 aliphatic carbocycles. The smallest absolute Gasteiger partial charge is 0.279 e. The zero-order chi connectivity index (χ0) is 27.3. The van der Waals surface area contributed by atoms with Crippen LogP contribution in [-0.4, -0.2) is 46.3 Å². The van der Waals surface area contributed by atoms with E-state index in [1.54, 1.807) is 26.4 Å². The molecule has 4 rings (SSSR count). The second-order valence-electron chi connectivity index (χ2n) is 7.93. The largest absolute Gasteiger partial charge is 0.495 e. The Morgan fingerprint density at radius 2 is 1.66 bits per heavy atom. The van der Waals surface area contributed by atoms with Crippen LogP contribution in [0.4, 0.5) is 5.69 Å². The summed E-state index contributed by atoms with van der Waals surface area (Å²) in [6.07, 6.45) is 0. The molecular formula is C26H26ClN3O6S2. The Bertz CT molecular complexity index is 1610. The molecule has 12 heteroatoms. The topological polar surface area (TPSA) is 108 Å². The van der Waals surface area contributed by atoms with Crippen molar-refractivity contribution in [1.29, 1.82) is 0 Å². The Morgan fingerprint density at radius 3 is 2.29 bits per heavy atom. The van der Waals surface area contributed by atoms with Gasteiger partial charge in [-0.25, -0.2) is 8.42 Å². The van der Waals surface area contributed by atoms with Gasteiger partial charge in [0.15, 0.2) is 4.80 Å². The number of rotatable bonds is 10. The third-order valence-electron chi connectivity index (χ3n) is 5.56. The van der Waals surface area contributed by atoms with E-state index in [1.807, 2.05) is 11.5 Å². The van der Waals surface area contributed by atoms with Crippen LogP contribution in [0.3, 0.4) is 0 Å². The molecule has 0 fully saturated rings. The lowest BCUT2D eigenvalue weighted by Gasteiger charge is -2.10. The standard InChI is InChI=1S/C26H26ClN3O6S2/c1-4-36-16-15-30-23-21(34-2)13-14-22(35-3)24(23)37-26(30)28-25(31)17-5-9-19(10-6-17)29-38(32,33)20-11-7-18(27)8-12-20/h5-14,29H,4,15-16H2,1-3H3. The van der Waals surface area contributed by atoms with Crippen LogP contribution >= 0.6 is 22.9 Å². The number of nitrogens with zero attached hydrogens (tertiary/aromatic N) is 2. The Hall–Kier alpha value is -3.38. The van der Waals surface area contributed by atoms with Gasteiger partial charge in [0.25, 0.3) is 15.9 Å². The van der Waals surface area contributed by atoms with Gasteiger partial charge >= 0.3 is 0 Å². The number of carbonyl (C=O) groups excluding carboxylic acids is 1. The highest BCUT2D eigenvalue weighted by molar-refractivity contribution is 7.92. The number of hydrogen-bond donors (Lipinski definition) is 1. The number of aromatic nitrogens is 1. The van der Waals surface area contributed by atoms with Crippen LogP contribution in [0.15, 0.2) is 70.6 Å². The first-order valence-electron chi connectivity index (χ1n) is 11.6. The van der Waals surface area contributed by atoms with Crippen LogP contribution in [0.25, 0.3) is 10.2 Å². The molecule has 38 heavy (non-hydrogen) atoms. The highest BCUT2D eigenvalue weighted by atomic mass is 35.5. The van der Waals surface area contributed by atoms with Gasteiger partial charge in [-0.1, -0.05) is 22.9 Å². The van der Waals surface area contributed by atoms with Crippen LogP contribution in [0.5, 0.6) is 11.5 Å². The maximum absolute atomic E-state index is 13.1. The second kappa shape index (κ2) is 12.0. The number of sulfonamides is 1. The summed E-state index contributed by atoms with van der Waals surface area (Å²) < 4.78 is 47.1. The Labute approximate surface area is 229 Å². The van der Waals surface area contributed by atoms with Crippen molar-refractivity contribution < 1.29 is 27.4 Å². The number of anilines is 1. The number of fused-ring (bicyclic) bond motifs is 1. The molecule has 0 atom stereocenters. The number of ether oxygens (including phenoxy) is 3. The predicted molar refractivity (Wildman–Crippen MR) is 148 cm³/mol. The molecule has 200 valence electrons. The fourth-order valence-electron chi connectivity index (χ4n) is 3.71. The molecule has 1 heterocycles. The average molecular weight is 576 g/mol. The molecule has 4 aromatic rings. The first-order chi connectivity index (χ1) is 18.3. The quantitative estimate of drug-likeness (QED) is 0.268. The van der Waals surface area contributed by atoms with Gasteiger partial charge in [-0.2, -0.15) is 4.99 Å². The molecule has 0 bridgehead atoms. The third kappa shape index (κ3) is 6.02. The molecule has 1 aromatic heterocycles. The van der Waals surface area contributed by atoms with Crippen LogP contribution in [0.1, 0.15) is 17.3 Å². The van der Waals surface area contributed by atoms with Crippen molar-refractivity contribution in [2.45, 2.75) is 18.4 Å². The first-order valence-corrected chi connectivity index (χ1v) is 14.2. The normalized spacial score (nSPS) is 12.1. The zero-order valence-electron chi connectivity index (χ0n) is 20.9. The van der Waals surface area contributed by atoms with E-state index in [1.165, 1.54) is 59.9 Å². The van der Waals surface area contributed by atoms with E-state index in [4.69, 9.17) is 25.8 Å². The summed E-state index contributed by atoms with van der Waals surface area (Å²) in [6.45, 7) is 3.35. The summed E-state index contributed by atoms with van der Waals surface area (Å²) in [4.78, 5) is 18.0. The highest BCUT2D eigenvalue weighted by Crippen LogP contribution is 2.35. The van der Waals surface area contributed by atoms with Crippen molar-refractivity contribution in [2.24, 2.45) is 4.99 Å². The highest BCUT2D eigenvalue weighted by Gasteiger charge is 2.18. The molecule has 9 nitrogen and oxygen atoms in total. The SMILES string of the molecule is CCOCCn1c(=NC(=O)c2ccc(NS(=O)(=O)c3ccc(Cl)cc3)cc2)sc2c(OC)ccc(OC)c21. The molecule has 0 aliphatic heterocycles. The van der Waals surface area contributed by atoms with Crippen LogP contribution in [-0.2, 0) is 21.3 Å². The Kier molecular flexibility index (Phi) is 8.72. The Balaban J connectivity index is 1.66. The summed E-state index contributed by atoms with van der Waals surface area (Å²) in [5, 5.41) is 0.435. The van der Waals surface area contributed by atoms with Gasteiger partial charge in [0.1, 0.15) is 21.7 Å². The van der Waals surface area contributed by atoms with Crippen LogP contribution in [0.2, 0.25) is 5.02 Å². The fraction of sp³-hybridized carbons (Fsp3) is 0.231. The number of carbonyl (C=O) groups is 1. The minimum absolute atomic E-state index is 0.0734. The monoisotopic (exact) mass is 575 g/mol. The summed E-state index contributed by atoms with van der Waals surface area (Å²) in [6, 6.07) is 15.5. The molecular weight excluding hydrogens is 550 g/mol. The van der Waals surface area contributed by atoms with Gasteiger partial charge in [-0.3, -0.25) is 9.52 Å². The predicted octanol–water partition coefficient (Wildman–Crippen LogP) is 4.95. The molecule has 1 N–H and O–H groups in total. The van der Waals surface area contributed by atoms with Gasteiger partial charge < -0.3 is 18.8 Å². The van der Waals surface area contributed by atoms with Gasteiger partial charge in [0, 0.05) is 29.4 Å². The van der Waals surface area contributed by atoms with Crippen molar-refractivity contribution in [2.75, 3.05) is 32.2 Å². The number of benzene rings is 3. The van der Waals surface area contributed by atoms with E-state index in [2.05, 4.69) is 9.71 Å². The number of halogens is 1. The number of amides is 1. The van der Waals surface area contributed by atoms with Crippen molar-refractivity contribution >= 4 is 54.8 Å². The Morgan fingerprint density at radius 1 is 1.00 bits per heavy atom. The van der Waals surface area contributed by atoms with E-state index in [0.29, 0.717) is 52.3 Å². The molecule has 0 saturated carbocycles. The van der Waals surface area contributed by atoms with E-state index in [9.17, 15) is 13.2 Å². The van der Waals surface area contributed by atoms with Gasteiger partial charge in [-0.15, -0.1) is 0 Å². The van der Waals surface area contributed by atoms with Crippen molar-refractivity contribution in [3.63, 3.8) is 0 Å². The minimum Gasteiger partial charge on any atom is -0.495 e. The summed E-state index contributed by atoms with van der Waals surface area (Å²) in [5.74, 6) is 0.786. The summed E-state index contributed by atoms with van der Waals surface area (Å²) >= 11 is 7.16. The number of hydrogen-bond acceptors (Lipinski definition) is 7. The molecule has 3 aromatic carbocycles. The fourth-order valence-corrected chi connectivity index (χ4v) is 6.06. The van der Waals surface area contributed by atoms with E-state index < -0.39 is 15.9 Å². The molecule has 0 unspecified atom stereocenters. The second-order valence-corrected chi connectivity index (χ2v) is 11.0. The molecule has 0 radical (unpaired) electrons. The minimum atomic E-state index is -3.81. The van der Waals surface area contributed by atoms with Crippen LogP contribution in [0, 0.1) is 0 Å². The molecule has 0 saturated heterocycles. The van der Waals surface area contributed by atoms with Crippen LogP contribution < -0.4 is 19.0 Å². The van der Waals surface area contributed by atoms with E-state index >= 15 is 0 Å². The number of methoxy groups -OCH3 is 2. The first kappa shape index (κ1) is 27.6. The average Bonchev–Trinajstić information content (AvgIpc) is 3.26. The molecule has 0 aliphatic rings. The lowest BCUT2D eigenvalue weighted by molar-refractivity contribution is 0.0996. The van der Waals surface area contributed by atoms with Crippen molar-refractivity contribution in [3.8, 4) is 11.5 Å². The maximum Gasteiger partial charge on any atom is 0.279 e. The lowest BCUT2D eigenvalue weighted by atomic mass is 10.2.